The van der Waals surface area contributed by atoms with E-state index in [0.717, 1.165) is 12.0 Å². The predicted octanol–water partition coefficient (Wildman–Crippen LogP) is 3.75. The maximum atomic E-state index is 12.8. The molecule has 0 unspecified atom stereocenters. The Hall–Kier alpha value is -2.93. The molecule has 3 rings (SSSR count). The first-order valence-corrected chi connectivity index (χ1v) is 13.8. The first-order valence-electron chi connectivity index (χ1n) is 11.0. The summed E-state index contributed by atoms with van der Waals surface area (Å²) in [6.07, 6.45) is 4.16. The Bertz CT molecular complexity index is 1280. The quantitative estimate of drug-likeness (QED) is 0.246. The summed E-state index contributed by atoms with van der Waals surface area (Å²) in [6, 6.07) is 11.1. The minimum absolute atomic E-state index is 0.0187. The van der Waals surface area contributed by atoms with Gasteiger partial charge in [-0.15, -0.1) is 0 Å². The molecule has 2 aromatic carbocycles. The molecule has 12 heteroatoms. The highest BCUT2D eigenvalue weighted by atomic mass is 32.2. The normalized spacial score (nSPS) is 14.9. The van der Waals surface area contributed by atoms with Gasteiger partial charge in [-0.3, -0.25) is 14.5 Å². The van der Waals surface area contributed by atoms with Crippen LogP contribution in [0.15, 0.2) is 52.3 Å². The number of carbonyl (C=O) groups is 2. The minimum atomic E-state index is -3.77. The van der Waals surface area contributed by atoms with Crippen molar-refractivity contribution in [1.82, 2.24) is 4.90 Å². The summed E-state index contributed by atoms with van der Waals surface area (Å²) in [4.78, 5) is 27.1. The van der Waals surface area contributed by atoms with Gasteiger partial charge in [0.15, 0.2) is 11.5 Å². The van der Waals surface area contributed by atoms with E-state index in [4.69, 9.17) is 26.8 Å². The van der Waals surface area contributed by atoms with Crippen molar-refractivity contribution in [3.05, 3.63) is 52.9 Å². The molecule has 2 aromatic rings. The van der Waals surface area contributed by atoms with Crippen LogP contribution < -0.4 is 19.9 Å². The smallest absolute Gasteiger partial charge is 0.266 e. The number of nitrogens with zero attached hydrogens (tertiary/aromatic N) is 1. The number of benzene rings is 2. The SMILES string of the molecule is COc1ccc(/C=C2\SC(=S)N(CCCCCC(=O)Nc3ccc(S(N)(=O)=O)cc3)C2=O)cc1OC. The molecule has 0 atom stereocenters. The van der Waals surface area contributed by atoms with Gasteiger partial charge in [0.2, 0.25) is 15.9 Å². The molecule has 1 aliphatic rings. The standard InChI is InChI=1S/C24H27N3O6S3/c1-32-19-12-7-16(14-20(19)33-2)15-21-23(29)27(24(34)35-21)13-5-3-4-6-22(28)26-17-8-10-18(11-9-17)36(25,30)31/h7-12,14-15H,3-6,13H2,1-2H3,(H,26,28)(H2,25,30,31)/b21-15-. The Kier molecular flexibility index (Phi) is 9.49. The second-order valence-electron chi connectivity index (χ2n) is 7.88. The molecule has 0 aliphatic carbocycles. The Balaban J connectivity index is 1.44. The van der Waals surface area contributed by atoms with Crippen molar-refractivity contribution in [2.45, 2.75) is 30.6 Å². The fourth-order valence-electron chi connectivity index (χ4n) is 3.47. The maximum Gasteiger partial charge on any atom is 0.266 e. The van der Waals surface area contributed by atoms with Crippen LogP contribution in [0, 0.1) is 0 Å². The largest absolute Gasteiger partial charge is 0.493 e. The number of thiocarbonyl (C=S) groups is 1. The monoisotopic (exact) mass is 549 g/mol. The van der Waals surface area contributed by atoms with Gasteiger partial charge in [-0.1, -0.05) is 36.5 Å². The van der Waals surface area contributed by atoms with E-state index < -0.39 is 10.0 Å². The van der Waals surface area contributed by atoms with Gasteiger partial charge in [0, 0.05) is 18.7 Å². The van der Waals surface area contributed by atoms with Gasteiger partial charge in [0.25, 0.3) is 5.91 Å². The number of rotatable bonds is 11. The molecule has 2 amide bonds. The first-order chi connectivity index (χ1) is 17.1. The number of hydrogen-bond donors (Lipinski definition) is 2. The molecule has 192 valence electrons. The summed E-state index contributed by atoms with van der Waals surface area (Å²) in [5, 5.41) is 7.79. The van der Waals surface area contributed by atoms with Crippen molar-refractivity contribution < 1.29 is 27.5 Å². The third-order valence-electron chi connectivity index (χ3n) is 5.33. The molecule has 3 N–H and O–H groups in total. The van der Waals surface area contributed by atoms with Crippen molar-refractivity contribution >= 4 is 61.9 Å². The summed E-state index contributed by atoms with van der Waals surface area (Å²) in [6.45, 7) is 0.477. The van der Waals surface area contributed by atoms with Crippen molar-refractivity contribution in [2.75, 3.05) is 26.1 Å². The summed E-state index contributed by atoms with van der Waals surface area (Å²) < 4.78 is 33.7. The zero-order chi connectivity index (χ0) is 26.3. The maximum absolute atomic E-state index is 12.8. The van der Waals surface area contributed by atoms with Crippen LogP contribution in [0.1, 0.15) is 31.2 Å². The van der Waals surface area contributed by atoms with Crippen LogP contribution in [0.25, 0.3) is 6.08 Å². The van der Waals surface area contributed by atoms with E-state index in [1.54, 1.807) is 37.3 Å². The highest BCUT2D eigenvalue weighted by molar-refractivity contribution is 8.26. The number of nitrogens with two attached hydrogens (primary N) is 1. The summed E-state index contributed by atoms with van der Waals surface area (Å²) >= 11 is 6.66. The van der Waals surface area contributed by atoms with Gasteiger partial charge < -0.3 is 14.8 Å². The summed E-state index contributed by atoms with van der Waals surface area (Å²) in [5.41, 5.74) is 1.30. The van der Waals surface area contributed by atoms with E-state index in [9.17, 15) is 18.0 Å². The second-order valence-corrected chi connectivity index (χ2v) is 11.1. The van der Waals surface area contributed by atoms with Crippen molar-refractivity contribution in [1.29, 1.82) is 0 Å². The third kappa shape index (κ3) is 7.29. The van der Waals surface area contributed by atoms with Crippen molar-refractivity contribution in [3.8, 4) is 11.5 Å². The number of methoxy groups -OCH3 is 2. The van der Waals surface area contributed by atoms with E-state index >= 15 is 0 Å². The Morgan fingerprint density at radius 1 is 1.08 bits per heavy atom. The molecule has 1 aliphatic heterocycles. The molecule has 0 radical (unpaired) electrons. The van der Waals surface area contributed by atoms with Gasteiger partial charge in [0.05, 0.1) is 24.0 Å². The van der Waals surface area contributed by atoms with Gasteiger partial charge in [-0.2, -0.15) is 0 Å². The lowest BCUT2D eigenvalue weighted by atomic mass is 10.1. The number of sulfonamides is 1. The molecular weight excluding hydrogens is 522 g/mol. The van der Waals surface area contributed by atoms with Crippen LogP contribution in [0.5, 0.6) is 11.5 Å². The van der Waals surface area contributed by atoms with Crippen LogP contribution in [0.3, 0.4) is 0 Å². The predicted molar refractivity (Wildman–Crippen MR) is 144 cm³/mol. The fourth-order valence-corrected chi connectivity index (χ4v) is 5.29. The van der Waals surface area contributed by atoms with E-state index in [-0.39, 0.29) is 16.7 Å². The number of nitrogens with one attached hydrogen (secondary N) is 1. The van der Waals surface area contributed by atoms with Crippen LogP contribution in [-0.2, 0) is 19.6 Å². The van der Waals surface area contributed by atoms with Crippen molar-refractivity contribution in [3.63, 3.8) is 0 Å². The van der Waals surface area contributed by atoms with E-state index in [2.05, 4.69) is 5.32 Å². The Labute approximate surface area is 220 Å². The first kappa shape index (κ1) is 27.7. The third-order valence-corrected chi connectivity index (χ3v) is 7.64. The van der Waals surface area contributed by atoms with Gasteiger partial charge in [-0.25, -0.2) is 13.6 Å². The molecule has 0 bridgehead atoms. The zero-order valence-corrected chi connectivity index (χ0v) is 22.3. The highest BCUT2D eigenvalue weighted by Crippen LogP contribution is 2.34. The number of ether oxygens (including phenoxy) is 2. The average molecular weight is 550 g/mol. The number of amides is 2. The number of thioether (sulfide) groups is 1. The van der Waals surface area contributed by atoms with Crippen LogP contribution >= 0.6 is 24.0 Å². The fraction of sp³-hybridized carbons (Fsp3) is 0.292. The lowest BCUT2D eigenvalue weighted by Crippen LogP contribution is -2.29. The minimum Gasteiger partial charge on any atom is -0.493 e. The molecular formula is C24H27N3O6S3. The molecule has 1 fully saturated rings. The molecule has 9 nitrogen and oxygen atoms in total. The van der Waals surface area contributed by atoms with E-state index in [1.807, 2.05) is 6.07 Å². The molecule has 0 saturated carbocycles. The molecule has 0 spiro atoms. The molecule has 36 heavy (non-hydrogen) atoms. The number of carbonyl (C=O) groups excluding carboxylic acids is 2. The Morgan fingerprint density at radius 3 is 2.42 bits per heavy atom. The van der Waals surface area contributed by atoms with Crippen molar-refractivity contribution in [2.24, 2.45) is 5.14 Å². The van der Waals surface area contributed by atoms with Crippen LogP contribution in [0.2, 0.25) is 0 Å². The highest BCUT2D eigenvalue weighted by Gasteiger charge is 2.31. The van der Waals surface area contributed by atoms with E-state index in [1.165, 1.54) is 36.0 Å². The van der Waals surface area contributed by atoms with Gasteiger partial charge in [0.1, 0.15) is 4.32 Å². The molecule has 0 aromatic heterocycles. The zero-order valence-electron chi connectivity index (χ0n) is 19.9. The van der Waals surface area contributed by atoms with Gasteiger partial charge >= 0.3 is 0 Å². The topological polar surface area (TPSA) is 128 Å². The van der Waals surface area contributed by atoms with E-state index in [0.29, 0.717) is 52.2 Å². The summed E-state index contributed by atoms with van der Waals surface area (Å²) in [5.74, 6) is 0.865. The lowest BCUT2D eigenvalue weighted by Gasteiger charge is -2.14. The van der Waals surface area contributed by atoms with Gasteiger partial charge in [-0.05, 0) is 60.9 Å². The van der Waals surface area contributed by atoms with Crippen LogP contribution in [0.4, 0.5) is 5.69 Å². The van der Waals surface area contributed by atoms with Crippen LogP contribution in [-0.4, -0.2) is 50.2 Å². The Morgan fingerprint density at radius 2 is 1.78 bits per heavy atom. The number of primary sulfonamides is 1. The molecule has 1 heterocycles. The molecule has 1 saturated heterocycles. The lowest BCUT2D eigenvalue weighted by molar-refractivity contribution is -0.122. The number of anilines is 1. The summed E-state index contributed by atoms with van der Waals surface area (Å²) in [7, 11) is -0.657. The average Bonchev–Trinajstić information content (AvgIpc) is 3.10. The number of hydrogen-bond acceptors (Lipinski definition) is 8. The second kappa shape index (κ2) is 12.3. The number of unbranched alkanes of at least 4 members (excludes halogenated alkanes) is 2.